The van der Waals surface area contributed by atoms with Crippen molar-refractivity contribution in [1.82, 2.24) is 4.90 Å². The Balaban J connectivity index is 1.66. The zero-order valence-corrected chi connectivity index (χ0v) is 23.7. The Morgan fingerprint density at radius 2 is 1.72 bits per heavy atom. The second kappa shape index (κ2) is 13.4. The lowest BCUT2D eigenvalue weighted by Gasteiger charge is -2.33. The summed E-state index contributed by atoms with van der Waals surface area (Å²) in [6.45, 7) is 2.53. The van der Waals surface area contributed by atoms with Crippen LogP contribution in [0, 0.1) is 0 Å². The number of nitrogens with one attached hydrogen (secondary N) is 2. The Kier molecular flexibility index (Phi) is 9.85. The minimum Gasteiger partial charge on any atom is -0.405 e. The fraction of sp³-hybridized carbons (Fsp3) is 0.281. The molecule has 0 saturated carbocycles. The number of rotatable bonds is 9. The van der Waals surface area contributed by atoms with Gasteiger partial charge in [0, 0.05) is 41.5 Å². The normalized spacial score (nSPS) is 16.5. The number of hydrogen-bond acceptors (Lipinski definition) is 5. The number of aliphatic imine (C=N–C) groups is 1. The molecule has 1 aliphatic heterocycles. The topological polar surface area (TPSA) is 65.7 Å². The van der Waals surface area contributed by atoms with Crippen LogP contribution in [0.2, 0.25) is 0 Å². The lowest BCUT2D eigenvalue weighted by Crippen LogP contribution is -2.39. The first-order chi connectivity index (χ1) is 20.4. The van der Waals surface area contributed by atoms with Crippen molar-refractivity contribution < 1.29 is 26.3 Å². The maximum Gasteiger partial charge on any atom is 0.416 e. The van der Waals surface area contributed by atoms with E-state index < -0.39 is 29.7 Å². The molecule has 0 amide bonds. The number of anilines is 2. The van der Waals surface area contributed by atoms with E-state index in [-0.39, 0.29) is 12.5 Å². The average molecular weight is 602 g/mol. The molecule has 2 unspecified atom stereocenters. The van der Waals surface area contributed by atoms with Crippen molar-refractivity contribution in [3.05, 3.63) is 119 Å². The van der Waals surface area contributed by atoms with Gasteiger partial charge in [0.05, 0.1) is 5.56 Å². The number of benzene rings is 3. The Labute approximate surface area is 246 Å². The summed E-state index contributed by atoms with van der Waals surface area (Å²) >= 11 is 0. The molecule has 4 N–H and O–H groups in total. The highest BCUT2D eigenvalue weighted by atomic mass is 19.4. The molecule has 1 aliphatic rings. The minimum atomic E-state index is -4.54. The van der Waals surface area contributed by atoms with Crippen LogP contribution in [-0.2, 0) is 12.6 Å². The molecular formula is C32H33F6N5. The van der Waals surface area contributed by atoms with E-state index in [0.29, 0.717) is 34.9 Å². The fourth-order valence-corrected chi connectivity index (χ4v) is 5.05. The molecule has 0 bridgehead atoms. The Morgan fingerprint density at radius 3 is 2.33 bits per heavy atom. The van der Waals surface area contributed by atoms with Gasteiger partial charge in [-0.1, -0.05) is 49.4 Å². The summed E-state index contributed by atoms with van der Waals surface area (Å²) in [6.07, 6.45) is -5.94. The number of amidine groups is 1. The molecule has 0 saturated heterocycles. The molecule has 3 aromatic rings. The van der Waals surface area contributed by atoms with Crippen molar-refractivity contribution in [2.24, 2.45) is 10.7 Å². The van der Waals surface area contributed by atoms with Gasteiger partial charge in [-0.3, -0.25) is 4.90 Å². The third-order valence-electron chi connectivity index (χ3n) is 7.15. The minimum absolute atomic E-state index is 0.0901. The maximum absolute atomic E-state index is 13.7. The van der Waals surface area contributed by atoms with E-state index in [0.717, 1.165) is 42.5 Å². The van der Waals surface area contributed by atoms with E-state index in [4.69, 9.17) is 10.7 Å². The highest BCUT2D eigenvalue weighted by Gasteiger charge is 2.33. The monoisotopic (exact) mass is 601 g/mol. The second-order valence-electron chi connectivity index (χ2n) is 10.2. The Morgan fingerprint density at radius 1 is 1.02 bits per heavy atom. The van der Waals surface area contributed by atoms with Gasteiger partial charge in [-0.05, 0) is 73.3 Å². The van der Waals surface area contributed by atoms with E-state index in [1.807, 2.05) is 37.4 Å². The highest BCUT2D eigenvalue weighted by molar-refractivity contribution is 6.12. The molecule has 2 atom stereocenters. The highest BCUT2D eigenvalue weighted by Crippen LogP contribution is 2.33. The standard InChI is InChI=1S/C32H33F6N5/c1-3-28(22-8-5-4-6-9-22)43(2)20-29-41-27-19-21(18-24(10-7-17-39)32(36,37)38)11-16-26(27)30(42-29)40-25-14-12-23(13-15-25)31(33,34)35/h4-17,19,28-29,41H,3,18,20,39H2,1-2H3,(H,40,42)/b17-7-,24-10+. The summed E-state index contributed by atoms with van der Waals surface area (Å²) in [5.41, 5.74) is 6.80. The van der Waals surface area contributed by atoms with E-state index >= 15 is 0 Å². The zero-order valence-electron chi connectivity index (χ0n) is 23.7. The molecule has 0 aromatic heterocycles. The van der Waals surface area contributed by atoms with Crippen molar-refractivity contribution in [3.63, 3.8) is 0 Å². The zero-order chi connectivity index (χ0) is 31.2. The van der Waals surface area contributed by atoms with Gasteiger partial charge in [0.15, 0.2) is 0 Å². The van der Waals surface area contributed by atoms with Crippen LogP contribution in [0.3, 0.4) is 0 Å². The van der Waals surface area contributed by atoms with Gasteiger partial charge in [-0.15, -0.1) is 0 Å². The SMILES string of the molecule is CCC(c1ccccc1)N(C)CC1N=C(Nc2ccc(C(F)(F)F)cc2)c2ccc(C/C(=C\C=C/N)C(F)(F)F)cc2N1. The van der Waals surface area contributed by atoms with E-state index in [9.17, 15) is 26.3 Å². The number of hydrogen-bond donors (Lipinski definition) is 3. The number of fused-ring (bicyclic) bond motifs is 1. The van der Waals surface area contributed by atoms with Crippen molar-refractivity contribution >= 4 is 17.2 Å². The largest absolute Gasteiger partial charge is 0.416 e. The molecule has 43 heavy (non-hydrogen) atoms. The van der Waals surface area contributed by atoms with Gasteiger partial charge < -0.3 is 16.4 Å². The van der Waals surface area contributed by atoms with Crippen LogP contribution in [0.1, 0.15) is 41.6 Å². The van der Waals surface area contributed by atoms with Crippen LogP contribution in [0.4, 0.5) is 37.7 Å². The number of allylic oxidation sites excluding steroid dienone is 3. The van der Waals surface area contributed by atoms with Crippen LogP contribution < -0.4 is 16.4 Å². The molecule has 11 heteroatoms. The predicted octanol–water partition coefficient (Wildman–Crippen LogP) is 7.90. The third-order valence-corrected chi connectivity index (χ3v) is 7.15. The second-order valence-corrected chi connectivity index (χ2v) is 10.2. The summed E-state index contributed by atoms with van der Waals surface area (Å²) < 4.78 is 80.3. The number of alkyl halides is 6. The predicted molar refractivity (Wildman–Crippen MR) is 159 cm³/mol. The molecule has 0 spiro atoms. The fourth-order valence-electron chi connectivity index (χ4n) is 5.05. The molecule has 228 valence electrons. The van der Waals surface area contributed by atoms with Crippen molar-refractivity contribution in [2.45, 2.75) is 44.3 Å². The van der Waals surface area contributed by atoms with Crippen molar-refractivity contribution in [3.8, 4) is 0 Å². The summed E-state index contributed by atoms with van der Waals surface area (Å²) in [6, 6.07) is 19.5. The van der Waals surface area contributed by atoms with Gasteiger partial charge in [0.2, 0.25) is 0 Å². The number of halogens is 6. The van der Waals surface area contributed by atoms with Gasteiger partial charge in [-0.25, -0.2) is 4.99 Å². The number of nitrogens with two attached hydrogens (primary N) is 1. The van der Waals surface area contributed by atoms with E-state index in [2.05, 4.69) is 22.5 Å². The molecule has 0 fully saturated rings. The van der Waals surface area contributed by atoms with Crippen molar-refractivity contribution in [2.75, 3.05) is 24.2 Å². The van der Waals surface area contributed by atoms with Crippen LogP contribution in [0.25, 0.3) is 0 Å². The first kappa shape index (κ1) is 31.7. The maximum atomic E-state index is 13.7. The third kappa shape index (κ3) is 8.19. The summed E-state index contributed by atoms with van der Waals surface area (Å²) in [4.78, 5) is 6.97. The lowest BCUT2D eigenvalue weighted by molar-refractivity contribution is -0.137. The molecular weight excluding hydrogens is 568 g/mol. The molecule has 3 aromatic carbocycles. The van der Waals surface area contributed by atoms with Gasteiger partial charge in [0.1, 0.15) is 12.0 Å². The smallest absolute Gasteiger partial charge is 0.405 e. The van der Waals surface area contributed by atoms with Crippen molar-refractivity contribution in [1.29, 1.82) is 0 Å². The lowest BCUT2D eigenvalue weighted by atomic mass is 9.99. The van der Waals surface area contributed by atoms with E-state index in [1.54, 1.807) is 18.2 Å². The molecule has 1 heterocycles. The summed E-state index contributed by atoms with van der Waals surface area (Å²) in [5, 5.41) is 6.46. The van der Waals surface area contributed by atoms with Crippen LogP contribution >= 0.6 is 0 Å². The van der Waals surface area contributed by atoms with Gasteiger partial charge in [0.25, 0.3) is 0 Å². The van der Waals surface area contributed by atoms with Gasteiger partial charge >= 0.3 is 12.4 Å². The van der Waals surface area contributed by atoms with Crippen LogP contribution in [0.5, 0.6) is 0 Å². The Hall–Kier alpha value is -4.25. The molecule has 4 rings (SSSR count). The van der Waals surface area contributed by atoms with Crippen LogP contribution in [-0.4, -0.2) is 36.7 Å². The number of likely N-dealkylation sites (N-methyl/N-ethyl adjacent to an activating group) is 1. The van der Waals surface area contributed by atoms with E-state index in [1.165, 1.54) is 12.1 Å². The van der Waals surface area contributed by atoms with Gasteiger partial charge in [-0.2, -0.15) is 26.3 Å². The quantitative estimate of drug-likeness (QED) is 0.172. The first-order valence-corrected chi connectivity index (χ1v) is 13.7. The first-order valence-electron chi connectivity index (χ1n) is 13.7. The Bertz CT molecular complexity index is 1460. The average Bonchev–Trinajstić information content (AvgIpc) is 2.95. The molecule has 5 nitrogen and oxygen atoms in total. The number of nitrogens with zero attached hydrogens (tertiary/aromatic N) is 2. The molecule has 0 radical (unpaired) electrons. The van der Waals surface area contributed by atoms with Crippen LogP contribution in [0.15, 0.2) is 102 Å². The summed E-state index contributed by atoms with van der Waals surface area (Å²) in [5.74, 6) is 0.392. The summed E-state index contributed by atoms with van der Waals surface area (Å²) in [7, 11) is 1.97. The molecule has 0 aliphatic carbocycles.